The van der Waals surface area contributed by atoms with Crippen LogP contribution in [0.2, 0.25) is 0 Å². The number of benzene rings is 6. The maximum absolute atomic E-state index is 11.6. The number of ether oxygens (including phenoxy) is 2. The maximum Gasteiger partial charge on any atom is 0.302 e. The van der Waals surface area contributed by atoms with E-state index in [4.69, 9.17) is 19.4 Å². The Kier molecular flexibility index (Phi) is 15.0. The van der Waals surface area contributed by atoms with E-state index >= 15 is 0 Å². The molecule has 8 bridgehead atoms. The number of fused-ring (bicyclic) bond motifs is 8. The van der Waals surface area contributed by atoms with Gasteiger partial charge in [0.1, 0.15) is 18.9 Å². The molecule has 11 nitrogen and oxygen atoms in total. The zero-order valence-corrected chi connectivity index (χ0v) is 50.3. The number of aromatic nitrogens is 7. The first-order valence-electron chi connectivity index (χ1n) is 28.9. The van der Waals surface area contributed by atoms with Crippen molar-refractivity contribution in [2.75, 3.05) is 0 Å². The van der Waals surface area contributed by atoms with E-state index in [9.17, 15) is 9.59 Å². The molecule has 0 saturated carbocycles. The van der Waals surface area contributed by atoms with Gasteiger partial charge in [0.25, 0.3) is 0 Å². The van der Waals surface area contributed by atoms with E-state index < -0.39 is 11.9 Å². The number of H-pyrrole nitrogens is 2. The van der Waals surface area contributed by atoms with Crippen molar-refractivity contribution in [3.8, 4) is 73.3 Å². The topological polar surface area (TPSA) is 141 Å². The normalized spacial score (nSPS) is 11.7. The summed E-state index contributed by atoms with van der Waals surface area (Å²) in [6.07, 6.45) is 10.5. The van der Waals surface area contributed by atoms with Gasteiger partial charge in [0.05, 0.1) is 34.7 Å². The van der Waals surface area contributed by atoms with Gasteiger partial charge in [-0.25, -0.2) is 14.6 Å². The Hall–Kier alpha value is -10.4. The van der Waals surface area contributed by atoms with Gasteiger partial charge in [-0.1, -0.05) is 94.4 Å². The Bertz CT molecular complexity index is 4590. The van der Waals surface area contributed by atoms with Gasteiger partial charge in [-0.3, -0.25) is 9.59 Å². The SMILES string of the molecule is CC(=O)OCc1cc(COC(C)=O)cc(-n2cc(-c3ccc(C#Cc4ccc(-c5c6nc(c(-c7c(C)cc(C)cc7C)c7ccc([nH]7)c(-c7c(C)cc(C)cc7C)c7nc(c(-c8c(C)cc(C)cc8C)c8ccc5[nH]8)C=C7)C=C6)cc4)cc3)nn2)c1. The van der Waals surface area contributed by atoms with E-state index in [0.29, 0.717) is 11.4 Å². The average molecular weight is 1130 g/mol. The second-order valence-corrected chi connectivity index (χ2v) is 22.8. The zero-order chi connectivity index (χ0) is 60.1. The van der Waals surface area contributed by atoms with Crippen molar-refractivity contribution in [1.29, 1.82) is 0 Å². The quantitative estimate of drug-likeness (QED) is 0.102. The van der Waals surface area contributed by atoms with Gasteiger partial charge in [-0.2, -0.15) is 0 Å². The molecule has 0 saturated heterocycles. The van der Waals surface area contributed by atoms with Crippen LogP contribution < -0.4 is 0 Å². The van der Waals surface area contributed by atoms with Crippen molar-refractivity contribution in [3.05, 3.63) is 229 Å². The van der Waals surface area contributed by atoms with Crippen molar-refractivity contribution < 1.29 is 19.1 Å². The number of aryl methyl sites for hydroxylation is 9. The minimum atomic E-state index is -0.395. The largest absolute Gasteiger partial charge is 0.461 e. The smallest absolute Gasteiger partial charge is 0.302 e. The number of rotatable bonds is 10. The number of hydrogen-bond acceptors (Lipinski definition) is 8. The van der Waals surface area contributed by atoms with Crippen LogP contribution in [0.4, 0.5) is 0 Å². The second kappa shape index (κ2) is 23.0. The fourth-order valence-electron chi connectivity index (χ4n) is 12.5. The van der Waals surface area contributed by atoms with Crippen molar-refractivity contribution in [2.24, 2.45) is 0 Å². The molecule has 2 aliphatic heterocycles. The third-order valence-corrected chi connectivity index (χ3v) is 15.9. The average Bonchev–Trinajstić information content (AvgIpc) is 2.17. The lowest BCUT2D eigenvalue weighted by molar-refractivity contribution is -0.142. The number of nitrogens with one attached hydrogen (secondary N) is 2. The van der Waals surface area contributed by atoms with Crippen LogP contribution >= 0.6 is 0 Å². The summed E-state index contributed by atoms with van der Waals surface area (Å²) in [5.41, 5.74) is 31.9. The molecule has 2 N–H and O–H groups in total. The van der Waals surface area contributed by atoms with E-state index in [1.165, 1.54) is 69.5 Å². The molecular weight excluding hydrogens is 1060 g/mol. The van der Waals surface area contributed by atoms with Crippen LogP contribution in [0, 0.1) is 74.2 Å². The Morgan fingerprint density at radius 2 is 0.779 bits per heavy atom. The van der Waals surface area contributed by atoms with Crippen LogP contribution in [0.25, 0.3) is 108 Å². The van der Waals surface area contributed by atoms with Crippen molar-refractivity contribution in [1.82, 2.24) is 34.9 Å². The molecule has 86 heavy (non-hydrogen) atoms. The van der Waals surface area contributed by atoms with Crippen molar-refractivity contribution in [3.63, 3.8) is 0 Å². The lowest BCUT2D eigenvalue weighted by Gasteiger charge is -2.14. The Morgan fingerprint density at radius 1 is 0.430 bits per heavy atom. The number of nitrogens with zero attached hydrogens (tertiary/aromatic N) is 5. The lowest BCUT2D eigenvalue weighted by atomic mass is 9.92. The molecule has 0 atom stereocenters. The van der Waals surface area contributed by atoms with E-state index in [-0.39, 0.29) is 13.2 Å². The summed E-state index contributed by atoms with van der Waals surface area (Å²) in [5, 5.41) is 8.87. The number of carbonyl (C=O) groups is 2. The van der Waals surface area contributed by atoms with E-state index in [0.717, 1.165) is 112 Å². The van der Waals surface area contributed by atoms with Gasteiger partial charge >= 0.3 is 11.9 Å². The van der Waals surface area contributed by atoms with Gasteiger partial charge in [0.2, 0.25) is 0 Å². The molecule has 0 aliphatic carbocycles. The fraction of sp³-hybridized carbons (Fsp3) is 0.173. The highest BCUT2D eigenvalue weighted by atomic mass is 16.5. The molecule has 2 aliphatic rings. The van der Waals surface area contributed by atoms with Crippen LogP contribution in [0.3, 0.4) is 0 Å². The summed E-state index contributed by atoms with van der Waals surface area (Å²) in [6.45, 7) is 22.5. The molecule has 10 aromatic rings. The minimum absolute atomic E-state index is 0.0649. The summed E-state index contributed by atoms with van der Waals surface area (Å²) in [7, 11) is 0. The van der Waals surface area contributed by atoms with Crippen molar-refractivity contribution >= 4 is 58.3 Å². The van der Waals surface area contributed by atoms with Gasteiger partial charge in [-0.15, -0.1) is 5.10 Å². The molecule has 6 heterocycles. The molecular formula is C75H65N7O4. The monoisotopic (exact) mass is 1130 g/mol. The molecule has 0 spiro atoms. The molecule has 11 heteroatoms. The summed E-state index contributed by atoms with van der Waals surface area (Å²) in [5.74, 6) is 5.99. The Morgan fingerprint density at radius 3 is 1.15 bits per heavy atom. The predicted octanol–water partition coefficient (Wildman–Crippen LogP) is 16.9. The standard InChI is InChI=1S/C75H65N7O4/c1-42-30-45(4)69(46(5)31-42)73-62-24-22-60(76-62)72(58-20-16-54(17-21-58)13-12-53-14-18-57(19-15-53)68-39-82(81-80-68)59-37-55(40-85-51(10)83)36-56(38-59)41-86-52(11)84)61-23-25-63(77-61)74(70-47(6)32-43(2)33-48(70)7)65-27-29-67(79-65)75(66-28-26-64(73)78-66)71-49(8)34-44(3)35-50(71)9/h14-39,76,79H,40-41H2,1-11H3. The lowest BCUT2D eigenvalue weighted by Crippen LogP contribution is -2.05. The van der Waals surface area contributed by atoms with Crippen LogP contribution in [0.1, 0.15) is 109 Å². The van der Waals surface area contributed by atoms with Crippen molar-refractivity contribution in [2.45, 2.75) is 89.4 Å². The molecule has 424 valence electrons. The molecule has 12 rings (SSSR count). The highest BCUT2D eigenvalue weighted by Gasteiger charge is 2.23. The van der Waals surface area contributed by atoms with Crippen LogP contribution in [0.15, 0.2) is 134 Å². The van der Waals surface area contributed by atoms with Crippen LogP contribution in [-0.2, 0) is 32.3 Å². The third kappa shape index (κ3) is 11.2. The first kappa shape index (κ1) is 56.1. The number of esters is 2. The van der Waals surface area contributed by atoms with Crippen LogP contribution in [0.5, 0.6) is 0 Å². The maximum atomic E-state index is 11.6. The number of carbonyl (C=O) groups excluding carboxylic acids is 2. The first-order chi connectivity index (χ1) is 41.4. The molecule has 4 aromatic heterocycles. The van der Waals surface area contributed by atoms with Gasteiger partial charge in [0.15, 0.2) is 0 Å². The molecule has 0 amide bonds. The highest BCUT2D eigenvalue weighted by molar-refractivity contribution is 6.01. The highest BCUT2D eigenvalue weighted by Crippen LogP contribution is 2.42. The van der Waals surface area contributed by atoms with E-state index in [1.807, 2.05) is 48.7 Å². The summed E-state index contributed by atoms with van der Waals surface area (Å²) in [4.78, 5) is 42.4. The van der Waals surface area contributed by atoms with Crippen LogP contribution in [-0.4, -0.2) is 46.9 Å². The summed E-state index contributed by atoms with van der Waals surface area (Å²) < 4.78 is 12.2. The third-order valence-electron chi connectivity index (χ3n) is 15.9. The molecule has 0 fully saturated rings. The fourth-order valence-corrected chi connectivity index (χ4v) is 12.5. The van der Waals surface area contributed by atoms with E-state index in [2.05, 4.69) is 204 Å². The molecule has 0 radical (unpaired) electrons. The number of aromatic amines is 2. The molecule has 6 aromatic carbocycles. The summed E-state index contributed by atoms with van der Waals surface area (Å²) in [6, 6.07) is 44.3. The first-order valence-corrected chi connectivity index (χ1v) is 28.9. The Labute approximate surface area is 501 Å². The van der Waals surface area contributed by atoms with Gasteiger partial charge in [0, 0.05) is 74.9 Å². The number of hydrogen-bond donors (Lipinski definition) is 2. The Balaban J connectivity index is 0.978. The molecule has 0 unspecified atom stereocenters. The van der Waals surface area contributed by atoms with E-state index in [1.54, 1.807) is 4.68 Å². The van der Waals surface area contributed by atoms with Gasteiger partial charge in [-0.05, 0) is 220 Å². The second-order valence-electron chi connectivity index (χ2n) is 22.8. The summed E-state index contributed by atoms with van der Waals surface area (Å²) >= 11 is 0. The minimum Gasteiger partial charge on any atom is -0.461 e. The van der Waals surface area contributed by atoms with Gasteiger partial charge < -0.3 is 19.4 Å². The zero-order valence-electron chi connectivity index (χ0n) is 50.3. The predicted molar refractivity (Wildman–Crippen MR) is 347 cm³/mol.